The fraction of sp³-hybridized carbons (Fsp3) is 0.375. The highest BCUT2D eigenvalue weighted by Crippen LogP contribution is 2.25. The third kappa shape index (κ3) is 2.90. The number of hydrogen-bond donors (Lipinski definition) is 0. The number of hydrogen-bond acceptors (Lipinski definition) is 3. The Morgan fingerprint density at radius 3 is 3.10 bits per heavy atom. The zero-order valence-electron chi connectivity index (χ0n) is 11.4. The van der Waals surface area contributed by atoms with Crippen LogP contribution in [0.1, 0.15) is 35.2 Å². The van der Waals surface area contributed by atoms with Crippen LogP contribution in [0.15, 0.2) is 36.9 Å². The summed E-state index contributed by atoms with van der Waals surface area (Å²) < 4.78 is 7.76. The number of carbonyl (C=O) groups excluding carboxylic acids is 1. The Morgan fingerprint density at radius 2 is 2.25 bits per heavy atom. The fourth-order valence-corrected chi connectivity index (χ4v) is 2.55. The van der Waals surface area contributed by atoms with Gasteiger partial charge in [0.25, 0.3) is 0 Å². The lowest BCUT2D eigenvalue weighted by Crippen LogP contribution is -2.11. The molecule has 0 unspecified atom stereocenters. The van der Waals surface area contributed by atoms with E-state index in [4.69, 9.17) is 4.74 Å². The first-order valence-corrected chi connectivity index (χ1v) is 7.07. The van der Waals surface area contributed by atoms with Gasteiger partial charge in [0.05, 0.1) is 12.9 Å². The summed E-state index contributed by atoms with van der Waals surface area (Å²) in [5, 5.41) is 0. The van der Waals surface area contributed by atoms with Crippen LogP contribution in [0.3, 0.4) is 0 Å². The van der Waals surface area contributed by atoms with Crippen LogP contribution in [0.4, 0.5) is 0 Å². The van der Waals surface area contributed by atoms with Crippen molar-refractivity contribution in [3.8, 4) is 5.75 Å². The van der Waals surface area contributed by atoms with Crippen LogP contribution in [-0.4, -0.2) is 21.9 Å². The number of benzene rings is 1. The molecule has 1 aromatic heterocycles. The number of aromatic nitrogens is 2. The number of fused-ring (bicyclic) bond motifs is 1. The summed E-state index contributed by atoms with van der Waals surface area (Å²) in [4.78, 5) is 15.9. The van der Waals surface area contributed by atoms with Crippen molar-refractivity contribution in [2.75, 3.05) is 6.61 Å². The number of carbonyl (C=O) groups is 1. The van der Waals surface area contributed by atoms with Crippen LogP contribution in [0, 0.1) is 0 Å². The summed E-state index contributed by atoms with van der Waals surface area (Å²) >= 11 is 0. The molecule has 2 aromatic rings. The molecule has 0 aliphatic heterocycles. The summed E-state index contributed by atoms with van der Waals surface area (Å²) in [5.41, 5.74) is 2.01. The second-order valence-corrected chi connectivity index (χ2v) is 5.10. The molecule has 0 saturated carbocycles. The highest BCUT2D eigenvalue weighted by atomic mass is 16.5. The average molecular weight is 270 g/mol. The van der Waals surface area contributed by atoms with Gasteiger partial charge >= 0.3 is 0 Å². The number of aryl methyl sites for hydroxylation is 2. The fourth-order valence-electron chi connectivity index (χ4n) is 2.55. The Bertz CT molecular complexity index is 591. The monoisotopic (exact) mass is 270 g/mol. The van der Waals surface area contributed by atoms with Crippen molar-refractivity contribution in [2.45, 2.75) is 32.2 Å². The molecule has 0 radical (unpaired) electrons. The van der Waals surface area contributed by atoms with Crippen molar-refractivity contribution in [3.05, 3.63) is 48.0 Å². The third-order valence-electron chi connectivity index (χ3n) is 3.62. The molecule has 0 N–H and O–H groups in total. The predicted octanol–water partition coefficient (Wildman–Crippen LogP) is 2.87. The molecule has 20 heavy (non-hydrogen) atoms. The molecule has 0 amide bonds. The maximum atomic E-state index is 11.9. The highest BCUT2D eigenvalue weighted by Gasteiger charge is 2.17. The third-order valence-corrected chi connectivity index (χ3v) is 3.62. The smallest absolute Gasteiger partial charge is 0.163 e. The number of ketones is 1. The molecule has 3 rings (SSSR count). The van der Waals surface area contributed by atoms with Crippen molar-refractivity contribution in [1.29, 1.82) is 0 Å². The van der Waals surface area contributed by atoms with E-state index in [1.165, 1.54) is 0 Å². The van der Waals surface area contributed by atoms with E-state index in [0.717, 1.165) is 42.7 Å². The molecule has 0 spiro atoms. The first-order valence-electron chi connectivity index (χ1n) is 7.07. The Balaban J connectivity index is 1.55. The molecule has 1 aliphatic rings. The van der Waals surface area contributed by atoms with Gasteiger partial charge in [-0.05, 0) is 37.0 Å². The number of imidazole rings is 1. The van der Waals surface area contributed by atoms with Gasteiger partial charge in [0, 0.05) is 30.9 Å². The van der Waals surface area contributed by atoms with E-state index in [1.807, 2.05) is 29.0 Å². The molecule has 4 heteroatoms. The van der Waals surface area contributed by atoms with E-state index >= 15 is 0 Å². The quantitative estimate of drug-likeness (QED) is 0.785. The summed E-state index contributed by atoms with van der Waals surface area (Å²) in [7, 11) is 0. The topological polar surface area (TPSA) is 44.1 Å². The normalized spacial score (nSPS) is 14.1. The highest BCUT2D eigenvalue weighted by molar-refractivity contribution is 5.98. The minimum Gasteiger partial charge on any atom is -0.494 e. The number of rotatable bonds is 5. The van der Waals surface area contributed by atoms with Crippen LogP contribution in [-0.2, 0) is 13.0 Å². The van der Waals surface area contributed by atoms with Crippen LogP contribution in [0.25, 0.3) is 0 Å². The Morgan fingerprint density at radius 1 is 1.30 bits per heavy atom. The zero-order chi connectivity index (χ0) is 13.8. The molecule has 104 valence electrons. The summed E-state index contributed by atoms with van der Waals surface area (Å²) in [6.07, 6.45) is 9.07. The lowest BCUT2D eigenvalue weighted by atomic mass is 9.90. The van der Waals surface area contributed by atoms with Crippen LogP contribution in [0.5, 0.6) is 5.75 Å². The van der Waals surface area contributed by atoms with Crippen molar-refractivity contribution < 1.29 is 9.53 Å². The summed E-state index contributed by atoms with van der Waals surface area (Å²) in [6.45, 7) is 1.54. The number of nitrogens with zero attached hydrogens (tertiary/aromatic N) is 2. The molecule has 4 nitrogen and oxygen atoms in total. The van der Waals surface area contributed by atoms with Crippen LogP contribution in [0.2, 0.25) is 0 Å². The van der Waals surface area contributed by atoms with Gasteiger partial charge in [-0.3, -0.25) is 4.79 Å². The maximum absolute atomic E-state index is 11.9. The molecular formula is C16H18N2O2. The van der Waals surface area contributed by atoms with Gasteiger partial charge in [0.15, 0.2) is 5.78 Å². The van der Waals surface area contributed by atoms with E-state index in [1.54, 1.807) is 12.5 Å². The summed E-state index contributed by atoms with van der Waals surface area (Å²) in [5.74, 6) is 1.04. The van der Waals surface area contributed by atoms with Crippen molar-refractivity contribution >= 4 is 5.78 Å². The molecule has 1 aromatic carbocycles. The van der Waals surface area contributed by atoms with E-state index in [-0.39, 0.29) is 5.78 Å². The second-order valence-electron chi connectivity index (χ2n) is 5.10. The minimum absolute atomic E-state index is 0.245. The van der Waals surface area contributed by atoms with Crippen molar-refractivity contribution in [1.82, 2.24) is 9.55 Å². The molecule has 1 aliphatic carbocycles. The zero-order valence-corrected chi connectivity index (χ0v) is 11.4. The number of ether oxygens (including phenoxy) is 1. The first-order chi connectivity index (χ1) is 9.83. The molecule has 0 atom stereocenters. The first kappa shape index (κ1) is 12.9. The van der Waals surface area contributed by atoms with Gasteiger partial charge in [-0.1, -0.05) is 6.07 Å². The van der Waals surface area contributed by atoms with Gasteiger partial charge in [-0.15, -0.1) is 0 Å². The Labute approximate surface area is 118 Å². The molecule has 1 heterocycles. The maximum Gasteiger partial charge on any atom is 0.163 e. The van der Waals surface area contributed by atoms with E-state index in [2.05, 4.69) is 4.98 Å². The van der Waals surface area contributed by atoms with Gasteiger partial charge in [0.1, 0.15) is 5.75 Å². The van der Waals surface area contributed by atoms with Gasteiger partial charge in [-0.2, -0.15) is 0 Å². The Kier molecular flexibility index (Phi) is 3.81. The minimum atomic E-state index is 0.245. The average Bonchev–Trinajstić information content (AvgIpc) is 2.98. The molecule has 0 fully saturated rings. The molecule has 0 saturated heterocycles. The van der Waals surface area contributed by atoms with Crippen molar-refractivity contribution in [3.63, 3.8) is 0 Å². The standard InChI is InChI=1S/C16H18N2O2/c19-16-4-1-3-13-5-6-14(11-15(13)16)20-10-2-8-18-9-7-17-12-18/h5-7,9,11-12H,1-4,8,10H2. The van der Waals surface area contributed by atoms with Crippen LogP contribution < -0.4 is 4.74 Å². The lowest BCUT2D eigenvalue weighted by molar-refractivity contribution is 0.0972. The van der Waals surface area contributed by atoms with E-state index in [0.29, 0.717) is 13.0 Å². The lowest BCUT2D eigenvalue weighted by Gasteiger charge is -2.16. The van der Waals surface area contributed by atoms with Crippen molar-refractivity contribution in [2.24, 2.45) is 0 Å². The molecule has 0 bridgehead atoms. The largest absolute Gasteiger partial charge is 0.494 e. The van der Waals surface area contributed by atoms with Crippen LogP contribution >= 0.6 is 0 Å². The molecular weight excluding hydrogens is 252 g/mol. The second kappa shape index (κ2) is 5.90. The van der Waals surface area contributed by atoms with E-state index < -0.39 is 0 Å². The van der Waals surface area contributed by atoms with Gasteiger partial charge in [0.2, 0.25) is 0 Å². The Hall–Kier alpha value is -2.10. The SMILES string of the molecule is O=C1CCCc2ccc(OCCCn3ccnc3)cc21. The summed E-state index contributed by atoms with van der Waals surface area (Å²) in [6, 6.07) is 5.89. The number of Topliss-reactive ketones (excluding diaryl/α,β-unsaturated/α-hetero) is 1. The van der Waals surface area contributed by atoms with Gasteiger partial charge in [-0.25, -0.2) is 4.98 Å². The predicted molar refractivity (Wildman–Crippen MR) is 76.0 cm³/mol. The van der Waals surface area contributed by atoms with E-state index in [9.17, 15) is 4.79 Å². The van der Waals surface area contributed by atoms with Gasteiger partial charge < -0.3 is 9.30 Å².